The first-order valence-electron chi connectivity index (χ1n) is 6.10. The number of rotatable bonds is 2. The maximum absolute atomic E-state index is 13.4. The van der Waals surface area contributed by atoms with Gasteiger partial charge in [0.15, 0.2) is 0 Å². The fourth-order valence-corrected chi connectivity index (χ4v) is 2.02. The van der Waals surface area contributed by atoms with Crippen molar-refractivity contribution in [1.82, 2.24) is 4.98 Å². The fraction of sp³-hybridized carbons (Fsp3) is 0.0625. The Morgan fingerprint density at radius 3 is 2.58 bits per heavy atom. The molecule has 19 heavy (non-hydrogen) atoms. The Morgan fingerprint density at radius 1 is 1.00 bits per heavy atom. The number of benzene rings is 2. The van der Waals surface area contributed by atoms with Gasteiger partial charge in [-0.25, -0.2) is 4.39 Å². The van der Waals surface area contributed by atoms with Crippen LogP contribution in [0, 0.1) is 12.7 Å². The van der Waals surface area contributed by atoms with E-state index < -0.39 is 0 Å². The third kappa shape index (κ3) is 2.40. The molecule has 0 bridgehead atoms. The summed E-state index contributed by atoms with van der Waals surface area (Å²) in [5.41, 5.74) is 3.81. The van der Waals surface area contributed by atoms with Crippen molar-refractivity contribution in [3.05, 3.63) is 66.1 Å². The van der Waals surface area contributed by atoms with E-state index in [4.69, 9.17) is 0 Å². The van der Waals surface area contributed by atoms with Gasteiger partial charge in [0.2, 0.25) is 0 Å². The van der Waals surface area contributed by atoms with E-state index in [0.717, 1.165) is 22.3 Å². The molecular weight excluding hydrogens is 239 g/mol. The van der Waals surface area contributed by atoms with Crippen molar-refractivity contribution >= 4 is 22.3 Å². The molecule has 0 spiro atoms. The first kappa shape index (κ1) is 11.7. The summed E-state index contributed by atoms with van der Waals surface area (Å²) in [6.45, 7) is 2.04. The molecule has 0 aliphatic rings. The van der Waals surface area contributed by atoms with Crippen molar-refractivity contribution < 1.29 is 4.39 Å². The van der Waals surface area contributed by atoms with Crippen LogP contribution in [0.2, 0.25) is 0 Å². The molecule has 2 aromatic carbocycles. The van der Waals surface area contributed by atoms with Crippen LogP contribution in [0.15, 0.2) is 54.7 Å². The number of anilines is 2. The van der Waals surface area contributed by atoms with Crippen molar-refractivity contribution in [3.8, 4) is 0 Å². The van der Waals surface area contributed by atoms with Crippen LogP contribution in [0.25, 0.3) is 10.9 Å². The zero-order chi connectivity index (χ0) is 13.2. The Morgan fingerprint density at radius 2 is 1.79 bits per heavy atom. The Bertz CT molecular complexity index is 720. The molecule has 3 heteroatoms. The Labute approximate surface area is 110 Å². The second-order valence-corrected chi connectivity index (χ2v) is 4.51. The van der Waals surface area contributed by atoms with E-state index in [-0.39, 0.29) is 5.82 Å². The number of hydrogen-bond acceptors (Lipinski definition) is 2. The normalized spacial score (nSPS) is 10.6. The third-order valence-electron chi connectivity index (χ3n) is 3.03. The minimum atomic E-state index is -0.257. The van der Waals surface area contributed by atoms with Crippen molar-refractivity contribution in [1.29, 1.82) is 0 Å². The van der Waals surface area contributed by atoms with Gasteiger partial charge in [-0.15, -0.1) is 0 Å². The van der Waals surface area contributed by atoms with E-state index in [1.165, 1.54) is 17.7 Å². The molecule has 94 valence electrons. The van der Waals surface area contributed by atoms with Gasteiger partial charge in [0.1, 0.15) is 5.82 Å². The van der Waals surface area contributed by atoms with E-state index >= 15 is 0 Å². The number of hydrogen-bond donors (Lipinski definition) is 1. The van der Waals surface area contributed by atoms with Gasteiger partial charge >= 0.3 is 0 Å². The minimum absolute atomic E-state index is 0.257. The molecule has 0 radical (unpaired) electrons. The Hall–Kier alpha value is -2.42. The van der Waals surface area contributed by atoms with Gasteiger partial charge in [-0.05, 0) is 43.3 Å². The lowest BCUT2D eigenvalue weighted by Gasteiger charge is -2.09. The summed E-state index contributed by atoms with van der Waals surface area (Å²) in [6.07, 6.45) is 1.72. The summed E-state index contributed by atoms with van der Waals surface area (Å²) in [7, 11) is 0. The molecule has 3 aromatic rings. The Balaban J connectivity index is 2.05. The highest BCUT2D eigenvalue weighted by atomic mass is 19.1. The molecule has 1 aromatic heterocycles. The van der Waals surface area contributed by atoms with Crippen molar-refractivity contribution in [2.45, 2.75) is 6.92 Å². The molecule has 0 amide bonds. The third-order valence-corrected chi connectivity index (χ3v) is 3.03. The highest BCUT2D eigenvalue weighted by Crippen LogP contribution is 2.25. The van der Waals surface area contributed by atoms with Crippen LogP contribution in [0.4, 0.5) is 15.8 Å². The van der Waals surface area contributed by atoms with Gasteiger partial charge in [-0.2, -0.15) is 0 Å². The van der Waals surface area contributed by atoms with E-state index in [1.807, 2.05) is 37.3 Å². The molecule has 0 atom stereocenters. The molecule has 0 aliphatic carbocycles. The maximum Gasteiger partial charge on any atom is 0.124 e. The number of nitrogens with zero attached hydrogens (tertiary/aromatic N) is 1. The van der Waals surface area contributed by atoms with Crippen molar-refractivity contribution in [2.75, 3.05) is 5.32 Å². The second-order valence-electron chi connectivity index (χ2n) is 4.51. The first-order chi connectivity index (χ1) is 9.22. The number of aryl methyl sites for hydroxylation is 1. The minimum Gasteiger partial charge on any atom is -0.355 e. The van der Waals surface area contributed by atoms with Gasteiger partial charge in [-0.3, -0.25) is 4.98 Å². The molecule has 3 rings (SSSR count). The number of halogens is 1. The van der Waals surface area contributed by atoms with Crippen LogP contribution >= 0.6 is 0 Å². The van der Waals surface area contributed by atoms with E-state index in [1.54, 1.807) is 12.3 Å². The van der Waals surface area contributed by atoms with Crippen LogP contribution in [0.3, 0.4) is 0 Å². The lowest BCUT2D eigenvalue weighted by Crippen LogP contribution is -1.93. The summed E-state index contributed by atoms with van der Waals surface area (Å²) >= 11 is 0. The first-order valence-corrected chi connectivity index (χ1v) is 6.10. The largest absolute Gasteiger partial charge is 0.355 e. The van der Waals surface area contributed by atoms with Gasteiger partial charge < -0.3 is 5.32 Å². The monoisotopic (exact) mass is 252 g/mol. The number of fused-ring (bicyclic) bond motifs is 1. The molecule has 1 heterocycles. The molecule has 0 aliphatic heterocycles. The predicted octanol–water partition coefficient (Wildman–Crippen LogP) is 4.43. The topological polar surface area (TPSA) is 24.9 Å². The van der Waals surface area contributed by atoms with Crippen molar-refractivity contribution in [2.24, 2.45) is 0 Å². The lowest BCUT2D eigenvalue weighted by atomic mass is 10.1. The maximum atomic E-state index is 13.4. The smallest absolute Gasteiger partial charge is 0.124 e. The number of aromatic nitrogens is 1. The quantitative estimate of drug-likeness (QED) is 0.730. The molecule has 0 saturated carbocycles. The van der Waals surface area contributed by atoms with Crippen LogP contribution in [-0.4, -0.2) is 4.98 Å². The molecule has 2 nitrogen and oxygen atoms in total. The fourth-order valence-electron chi connectivity index (χ4n) is 2.02. The average Bonchev–Trinajstić information content (AvgIpc) is 2.42. The predicted molar refractivity (Wildman–Crippen MR) is 76.2 cm³/mol. The average molecular weight is 252 g/mol. The molecule has 0 saturated heterocycles. The summed E-state index contributed by atoms with van der Waals surface area (Å²) in [4.78, 5) is 4.23. The zero-order valence-corrected chi connectivity index (χ0v) is 10.5. The van der Waals surface area contributed by atoms with Crippen LogP contribution in [0.5, 0.6) is 0 Å². The lowest BCUT2D eigenvalue weighted by molar-refractivity contribution is 0.629. The van der Waals surface area contributed by atoms with Crippen LogP contribution in [0.1, 0.15) is 5.56 Å². The molecular formula is C16H13FN2. The zero-order valence-electron chi connectivity index (χ0n) is 10.5. The Kier molecular flexibility index (Phi) is 2.88. The van der Waals surface area contributed by atoms with Crippen LogP contribution in [-0.2, 0) is 0 Å². The van der Waals surface area contributed by atoms with Crippen molar-refractivity contribution in [3.63, 3.8) is 0 Å². The highest BCUT2D eigenvalue weighted by molar-refractivity contribution is 5.92. The molecule has 0 unspecified atom stereocenters. The summed E-state index contributed by atoms with van der Waals surface area (Å²) in [6, 6.07) is 14.5. The standard InChI is InChI=1S/C16H13FN2/c1-11-2-5-13(6-3-11)19-16-8-9-18-15-7-4-12(17)10-14(15)16/h2-10H,1H3,(H,18,19). The van der Waals surface area contributed by atoms with Gasteiger partial charge in [-0.1, -0.05) is 17.7 Å². The summed E-state index contributed by atoms with van der Waals surface area (Å²) in [5, 5.41) is 4.08. The highest BCUT2D eigenvalue weighted by Gasteiger charge is 2.03. The van der Waals surface area contributed by atoms with Gasteiger partial charge in [0.05, 0.1) is 5.52 Å². The number of pyridine rings is 1. The van der Waals surface area contributed by atoms with E-state index in [2.05, 4.69) is 10.3 Å². The summed E-state index contributed by atoms with van der Waals surface area (Å²) in [5.74, 6) is -0.257. The second kappa shape index (κ2) is 4.69. The molecule has 1 N–H and O–H groups in total. The van der Waals surface area contributed by atoms with Gasteiger partial charge in [0.25, 0.3) is 0 Å². The van der Waals surface area contributed by atoms with Crippen LogP contribution < -0.4 is 5.32 Å². The molecule has 0 fully saturated rings. The van der Waals surface area contributed by atoms with E-state index in [9.17, 15) is 4.39 Å². The SMILES string of the molecule is Cc1ccc(Nc2ccnc3ccc(F)cc23)cc1. The van der Waals surface area contributed by atoms with E-state index in [0.29, 0.717) is 0 Å². The number of nitrogens with one attached hydrogen (secondary N) is 1. The summed E-state index contributed by atoms with van der Waals surface area (Å²) < 4.78 is 13.4. The van der Waals surface area contributed by atoms with Gasteiger partial charge in [0, 0.05) is 23.0 Å².